The van der Waals surface area contributed by atoms with Crippen molar-refractivity contribution < 1.29 is 24.5 Å². The molecule has 2 aromatic rings. The molecule has 0 spiro atoms. The van der Waals surface area contributed by atoms with Crippen molar-refractivity contribution in [3.63, 3.8) is 0 Å². The molecular formula is C20H20N2O5. The predicted octanol–water partition coefficient (Wildman–Crippen LogP) is 1.75. The molecule has 1 aliphatic heterocycles. The number of nitrogens with two attached hydrogens (primary N) is 2. The molecule has 0 radical (unpaired) electrons. The third kappa shape index (κ3) is 2.67. The Labute approximate surface area is 155 Å². The zero-order valence-electron chi connectivity index (χ0n) is 14.4. The van der Waals surface area contributed by atoms with Crippen LogP contribution in [0.3, 0.4) is 0 Å². The number of fused-ring (bicyclic) bond motifs is 2. The van der Waals surface area contributed by atoms with Crippen LogP contribution in [0.2, 0.25) is 0 Å². The van der Waals surface area contributed by atoms with Crippen molar-refractivity contribution in [2.24, 2.45) is 23.3 Å². The van der Waals surface area contributed by atoms with Crippen LogP contribution >= 0.6 is 0 Å². The van der Waals surface area contributed by atoms with E-state index >= 15 is 0 Å². The maximum atomic E-state index is 12.1. The van der Waals surface area contributed by atoms with Crippen LogP contribution in [-0.2, 0) is 9.59 Å². The Bertz CT molecular complexity index is 885. The molecule has 2 unspecified atom stereocenters. The number of hydrogen-bond donors (Lipinski definition) is 4. The van der Waals surface area contributed by atoms with Gasteiger partial charge in [0.25, 0.3) is 0 Å². The lowest BCUT2D eigenvalue weighted by molar-refractivity contribution is -0.145. The summed E-state index contributed by atoms with van der Waals surface area (Å²) < 4.78 is 5.93. The zero-order chi connectivity index (χ0) is 19.3. The third-order valence-corrected chi connectivity index (χ3v) is 5.70. The van der Waals surface area contributed by atoms with Gasteiger partial charge in [0, 0.05) is 29.0 Å². The lowest BCUT2D eigenvalue weighted by atomic mass is 9.76. The standard InChI is InChI=1S/C20H20N2O5/c21-17-15(18(23)24)16(17)20(22,19(25)26)9-12-10-5-1-3-7-13(10)27-14-8-4-2-6-11(12)14/h1-8,12,15-17H,9,21-22H2,(H,23,24)(H,25,26)/t15-,16?,17-,20?/m1/s1. The Morgan fingerprint density at radius 2 is 1.52 bits per heavy atom. The van der Waals surface area contributed by atoms with Crippen molar-refractivity contribution in [1.82, 2.24) is 0 Å². The first-order chi connectivity index (χ1) is 12.8. The van der Waals surface area contributed by atoms with E-state index in [0.29, 0.717) is 11.5 Å². The fourth-order valence-electron chi connectivity index (χ4n) is 4.25. The Morgan fingerprint density at radius 1 is 1.00 bits per heavy atom. The second-order valence-electron chi connectivity index (χ2n) is 7.25. The summed E-state index contributed by atoms with van der Waals surface area (Å²) in [7, 11) is 0. The van der Waals surface area contributed by atoms with Crippen molar-refractivity contribution >= 4 is 11.9 Å². The van der Waals surface area contributed by atoms with Crippen molar-refractivity contribution in [3.05, 3.63) is 59.7 Å². The van der Waals surface area contributed by atoms with Gasteiger partial charge in [0.1, 0.15) is 17.0 Å². The molecular weight excluding hydrogens is 348 g/mol. The summed E-state index contributed by atoms with van der Waals surface area (Å²) in [6.45, 7) is 0. The first kappa shape index (κ1) is 17.5. The van der Waals surface area contributed by atoms with Gasteiger partial charge >= 0.3 is 11.9 Å². The average Bonchev–Trinajstić information content (AvgIpc) is 3.33. The number of carbonyl (C=O) groups is 2. The van der Waals surface area contributed by atoms with Crippen molar-refractivity contribution in [2.75, 3.05) is 0 Å². The van der Waals surface area contributed by atoms with Crippen LogP contribution in [0, 0.1) is 11.8 Å². The molecule has 0 bridgehead atoms. The van der Waals surface area contributed by atoms with Crippen molar-refractivity contribution in [2.45, 2.75) is 23.9 Å². The molecule has 140 valence electrons. The molecule has 2 aliphatic rings. The van der Waals surface area contributed by atoms with Gasteiger partial charge < -0.3 is 26.4 Å². The number of carboxylic acid groups (broad SMARTS) is 2. The molecule has 7 heteroatoms. The quantitative estimate of drug-likeness (QED) is 0.631. The maximum absolute atomic E-state index is 12.1. The average molecular weight is 368 g/mol. The van der Waals surface area contributed by atoms with E-state index in [-0.39, 0.29) is 12.3 Å². The second kappa shape index (κ2) is 6.07. The Morgan fingerprint density at radius 3 is 1.96 bits per heavy atom. The Balaban J connectivity index is 1.77. The number of benzene rings is 2. The van der Waals surface area contributed by atoms with Gasteiger partial charge in [-0.3, -0.25) is 9.59 Å². The first-order valence-electron chi connectivity index (χ1n) is 8.71. The molecule has 7 nitrogen and oxygen atoms in total. The molecule has 2 aromatic carbocycles. The minimum absolute atomic E-state index is 0.0296. The fourth-order valence-corrected chi connectivity index (χ4v) is 4.25. The number of para-hydroxylation sites is 2. The van der Waals surface area contributed by atoms with E-state index < -0.39 is 35.4 Å². The summed E-state index contributed by atoms with van der Waals surface area (Å²) in [5.74, 6) is -3.18. The van der Waals surface area contributed by atoms with Crippen molar-refractivity contribution in [3.8, 4) is 11.5 Å². The monoisotopic (exact) mass is 368 g/mol. The van der Waals surface area contributed by atoms with Crippen LogP contribution in [0.25, 0.3) is 0 Å². The van der Waals surface area contributed by atoms with Crippen LogP contribution in [0.4, 0.5) is 0 Å². The molecule has 4 rings (SSSR count). The number of ether oxygens (including phenoxy) is 1. The molecule has 1 fully saturated rings. The first-order valence-corrected chi connectivity index (χ1v) is 8.71. The molecule has 1 heterocycles. The summed E-state index contributed by atoms with van der Waals surface area (Å²) in [4.78, 5) is 23.5. The fraction of sp³-hybridized carbons (Fsp3) is 0.300. The van der Waals surface area contributed by atoms with Crippen LogP contribution in [0.1, 0.15) is 23.5 Å². The van der Waals surface area contributed by atoms with E-state index in [1.54, 1.807) is 0 Å². The minimum Gasteiger partial charge on any atom is -0.481 e. The molecule has 6 N–H and O–H groups in total. The SMILES string of the molecule is N[C@H]1C(C(N)(CC2c3ccccc3Oc3ccccc32)C(=O)O)[C@H]1C(=O)O. The van der Waals surface area contributed by atoms with Gasteiger partial charge in [0.05, 0.1) is 5.92 Å². The third-order valence-electron chi connectivity index (χ3n) is 5.70. The summed E-state index contributed by atoms with van der Waals surface area (Å²) in [5.41, 5.74) is 12.1. The lowest BCUT2D eigenvalue weighted by Crippen LogP contribution is -2.53. The van der Waals surface area contributed by atoms with Crippen LogP contribution < -0.4 is 16.2 Å². The van der Waals surface area contributed by atoms with E-state index in [0.717, 1.165) is 11.1 Å². The van der Waals surface area contributed by atoms with E-state index in [4.69, 9.17) is 16.2 Å². The molecule has 0 saturated heterocycles. The van der Waals surface area contributed by atoms with E-state index in [1.807, 2.05) is 48.5 Å². The topological polar surface area (TPSA) is 136 Å². The smallest absolute Gasteiger partial charge is 0.324 e. The Kier molecular flexibility index (Phi) is 3.94. The van der Waals surface area contributed by atoms with Gasteiger partial charge in [-0.2, -0.15) is 0 Å². The summed E-state index contributed by atoms with van der Waals surface area (Å²) in [6.07, 6.45) is 0.0296. The molecule has 0 amide bonds. The van der Waals surface area contributed by atoms with Gasteiger partial charge in [-0.25, -0.2) is 0 Å². The minimum atomic E-state index is -1.76. The number of rotatable bonds is 5. The predicted molar refractivity (Wildman–Crippen MR) is 96.6 cm³/mol. The molecule has 1 aliphatic carbocycles. The van der Waals surface area contributed by atoms with E-state index in [2.05, 4.69) is 0 Å². The van der Waals surface area contributed by atoms with Gasteiger partial charge in [0.15, 0.2) is 0 Å². The molecule has 4 atom stereocenters. The number of aliphatic carboxylic acids is 2. The van der Waals surface area contributed by atoms with E-state index in [9.17, 15) is 19.8 Å². The maximum Gasteiger partial charge on any atom is 0.324 e. The van der Waals surface area contributed by atoms with Crippen LogP contribution in [0.5, 0.6) is 11.5 Å². The van der Waals surface area contributed by atoms with Crippen LogP contribution in [0.15, 0.2) is 48.5 Å². The Hall–Kier alpha value is -2.90. The summed E-state index contributed by atoms with van der Waals surface area (Å²) in [5, 5.41) is 19.2. The zero-order valence-corrected chi connectivity index (χ0v) is 14.4. The summed E-state index contributed by atoms with van der Waals surface area (Å²) >= 11 is 0. The highest BCUT2D eigenvalue weighted by atomic mass is 16.5. The normalized spacial score (nSPS) is 25.5. The molecule has 0 aromatic heterocycles. The molecule has 1 saturated carbocycles. The van der Waals surface area contributed by atoms with Crippen LogP contribution in [-0.4, -0.2) is 33.7 Å². The molecule has 27 heavy (non-hydrogen) atoms. The largest absolute Gasteiger partial charge is 0.481 e. The van der Waals surface area contributed by atoms with Gasteiger partial charge in [-0.1, -0.05) is 36.4 Å². The second-order valence-corrected chi connectivity index (χ2v) is 7.25. The highest BCUT2D eigenvalue weighted by Crippen LogP contribution is 2.52. The summed E-state index contributed by atoms with van der Waals surface area (Å²) in [6, 6.07) is 14.0. The lowest BCUT2D eigenvalue weighted by Gasteiger charge is -2.34. The number of carboxylic acids is 2. The van der Waals surface area contributed by atoms with Gasteiger partial charge in [0.2, 0.25) is 0 Å². The highest BCUT2D eigenvalue weighted by molar-refractivity contribution is 5.85. The van der Waals surface area contributed by atoms with Gasteiger partial charge in [-0.05, 0) is 18.6 Å². The highest BCUT2D eigenvalue weighted by Gasteiger charge is 2.65. The van der Waals surface area contributed by atoms with Crippen molar-refractivity contribution in [1.29, 1.82) is 0 Å². The van der Waals surface area contributed by atoms with E-state index in [1.165, 1.54) is 0 Å². The number of hydrogen-bond acceptors (Lipinski definition) is 5. The van der Waals surface area contributed by atoms with Gasteiger partial charge in [-0.15, -0.1) is 0 Å².